The highest BCUT2D eigenvalue weighted by atomic mass is 16.5. The molecule has 0 saturated heterocycles. The van der Waals surface area contributed by atoms with Gasteiger partial charge in [-0.15, -0.1) is 0 Å². The summed E-state index contributed by atoms with van der Waals surface area (Å²) in [6.07, 6.45) is -0.540. The van der Waals surface area contributed by atoms with E-state index in [1.807, 2.05) is 24.3 Å². The molecule has 0 spiro atoms. The third-order valence-electron chi connectivity index (χ3n) is 3.43. The lowest BCUT2D eigenvalue weighted by Gasteiger charge is -2.24. The zero-order valence-corrected chi connectivity index (χ0v) is 14.4. The fourth-order valence-electron chi connectivity index (χ4n) is 2.12. The maximum atomic E-state index is 10.1. The number of aliphatic hydroxyl groups excluding tert-OH is 1. The van der Waals surface area contributed by atoms with Crippen molar-refractivity contribution in [3.8, 4) is 5.75 Å². The van der Waals surface area contributed by atoms with Crippen molar-refractivity contribution in [2.45, 2.75) is 12.7 Å². The molecule has 0 aliphatic carbocycles. The topological polar surface area (TPSA) is 60.4 Å². The lowest BCUT2D eigenvalue weighted by Crippen LogP contribution is -2.38. The van der Waals surface area contributed by atoms with Crippen LogP contribution in [0.4, 0.5) is 0 Å². The second kappa shape index (κ2) is 12.3. The molecular weight excluding hydrogens is 298 g/mol. The number of benzene rings is 1. The predicted octanol–water partition coefficient (Wildman–Crippen LogP) is 1.17. The van der Waals surface area contributed by atoms with Gasteiger partial charge in [0.05, 0.1) is 39.6 Å². The number of rotatable bonds is 13. The summed E-state index contributed by atoms with van der Waals surface area (Å²) in [5.74, 6) is 0.820. The maximum Gasteiger partial charge on any atom is 0.118 e. The van der Waals surface area contributed by atoms with Gasteiger partial charge in [-0.3, -0.25) is 4.90 Å². The Kier molecular flexibility index (Phi) is 10.6. The molecule has 0 heterocycles. The van der Waals surface area contributed by atoms with Crippen LogP contribution in [0.15, 0.2) is 24.3 Å². The number of aliphatic hydroxyl groups is 1. The first-order valence-corrected chi connectivity index (χ1v) is 7.78. The van der Waals surface area contributed by atoms with Gasteiger partial charge < -0.3 is 24.1 Å². The quantitative estimate of drug-likeness (QED) is 0.587. The Morgan fingerprint density at radius 3 is 2.13 bits per heavy atom. The minimum absolute atomic E-state index is 0.294. The molecule has 1 aromatic rings. The zero-order chi connectivity index (χ0) is 16.9. The van der Waals surface area contributed by atoms with Gasteiger partial charge in [-0.2, -0.15) is 0 Å². The highest BCUT2D eigenvalue weighted by molar-refractivity contribution is 5.26. The Morgan fingerprint density at radius 2 is 1.61 bits per heavy atom. The van der Waals surface area contributed by atoms with Gasteiger partial charge in [0.1, 0.15) is 5.75 Å². The van der Waals surface area contributed by atoms with Crippen molar-refractivity contribution in [3.63, 3.8) is 0 Å². The molecular formula is C17H29NO5. The van der Waals surface area contributed by atoms with Gasteiger partial charge in [0, 0.05) is 33.9 Å². The molecule has 1 aromatic carbocycles. The van der Waals surface area contributed by atoms with Crippen molar-refractivity contribution in [3.05, 3.63) is 29.8 Å². The summed E-state index contributed by atoms with van der Waals surface area (Å²) >= 11 is 0. The average molecular weight is 327 g/mol. The van der Waals surface area contributed by atoms with Gasteiger partial charge in [0.2, 0.25) is 0 Å². The van der Waals surface area contributed by atoms with E-state index in [9.17, 15) is 5.11 Å². The summed E-state index contributed by atoms with van der Waals surface area (Å²) in [6.45, 7) is 4.08. The van der Waals surface area contributed by atoms with Crippen LogP contribution in [0.1, 0.15) is 5.56 Å². The van der Waals surface area contributed by atoms with E-state index in [0.29, 0.717) is 33.0 Å². The van der Waals surface area contributed by atoms with Crippen molar-refractivity contribution >= 4 is 0 Å². The number of hydrogen-bond acceptors (Lipinski definition) is 6. The molecule has 0 radical (unpaired) electrons. The second-order valence-corrected chi connectivity index (χ2v) is 5.30. The van der Waals surface area contributed by atoms with Crippen molar-refractivity contribution < 1.29 is 24.1 Å². The number of nitrogens with zero attached hydrogens (tertiary/aromatic N) is 1. The van der Waals surface area contributed by atoms with E-state index < -0.39 is 6.10 Å². The Labute approximate surface area is 138 Å². The van der Waals surface area contributed by atoms with Crippen LogP contribution >= 0.6 is 0 Å². The summed E-state index contributed by atoms with van der Waals surface area (Å²) in [4.78, 5) is 2.11. The van der Waals surface area contributed by atoms with Gasteiger partial charge >= 0.3 is 0 Å². The van der Waals surface area contributed by atoms with Crippen LogP contribution in [0.5, 0.6) is 5.75 Å². The van der Waals surface area contributed by atoms with Crippen molar-refractivity contribution in [1.29, 1.82) is 0 Å². The summed E-state index contributed by atoms with van der Waals surface area (Å²) in [6, 6.07) is 7.70. The molecule has 0 bridgehead atoms. The number of hydrogen-bond donors (Lipinski definition) is 1. The first-order chi connectivity index (χ1) is 11.2. The molecule has 0 aliphatic heterocycles. The van der Waals surface area contributed by atoms with Gasteiger partial charge in [-0.05, 0) is 17.7 Å². The standard InChI is InChI=1S/C17H29NO5/c1-20-10-8-18(9-11-21-2)12-16(19)14-23-13-15-4-6-17(22-3)7-5-15/h4-7,16,19H,8-14H2,1-3H3/t16-/m1/s1. The van der Waals surface area contributed by atoms with Gasteiger partial charge in [-0.1, -0.05) is 12.1 Å². The minimum Gasteiger partial charge on any atom is -0.497 e. The van der Waals surface area contributed by atoms with E-state index in [0.717, 1.165) is 24.4 Å². The Hall–Kier alpha value is -1.18. The first kappa shape index (κ1) is 19.9. The van der Waals surface area contributed by atoms with Gasteiger partial charge in [0.15, 0.2) is 0 Å². The SMILES string of the molecule is COCCN(CCOC)C[C@@H](O)COCc1ccc(OC)cc1. The molecule has 0 saturated carbocycles. The van der Waals surface area contributed by atoms with E-state index in [4.69, 9.17) is 18.9 Å². The molecule has 0 amide bonds. The van der Waals surface area contributed by atoms with E-state index in [1.165, 1.54) is 0 Å². The Morgan fingerprint density at radius 1 is 1.00 bits per heavy atom. The van der Waals surface area contributed by atoms with E-state index in [-0.39, 0.29) is 0 Å². The lowest BCUT2D eigenvalue weighted by molar-refractivity contribution is 0.00235. The smallest absolute Gasteiger partial charge is 0.118 e. The van der Waals surface area contributed by atoms with Gasteiger partial charge in [0.25, 0.3) is 0 Å². The highest BCUT2D eigenvalue weighted by Crippen LogP contribution is 2.12. The number of methoxy groups -OCH3 is 3. The summed E-state index contributed by atoms with van der Waals surface area (Å²) in [5.41, 5.74) is 1.05. The summed E-state index contributed by atoms with van der Waals surface area (Å²) in [5, 5.41) is 10.1. The average Bonchev–Trinajstić information content (AvgIpc) is 2.58. The molecule has 6 nitrogen and oxygen atoms in total. The molecule has 132 valence electrons. The van der Waals surface area contributed by atoms with Crippen LogP contribution in [0.3, 0.4) is 0 Å². The van der Waals surface area contributed by atoms with E-state index in [1.54, 1.807) is 21.3 Å². The third kappa shape index (κ3) is 8.88. The maximum absolute atomic E-state index is 10.1. The normalized spacial score (nSPS) is 12.6. The largest absolute Gasteiger partial charge is 0.497 e. The lowest BCUT2D eigenvalue weighted by atomic mass is 10.2. The molecule has 1 rings (SSSR count). The zero-order valence-electron chi connectivity index (χ0n) is 14.4. The molecule has 6 heteroatoms. The van der Waals surface area contributed by atoms with Crippen molar-refractivity contribution in [2.24, 2.45) is 0 Å². The third-order valence-corrected chi connectivity index (χ3v) is 3.43. The molecule has 1 atom stereocenters. The highest BCUT2D eigenvalue weighted by Gasteiger charge is 2.12. The summed E-state index contributed by atoms with van der Waals surface area (Å²) < 4.78 is 20.9. The minimum atomic E-state index is -0.540. The van der Waals surface area contributed by atoms with E-state index in [2.05, 4.69) is 4.90 Å². The van der Waals surface area contributed by atoms with E-state index >= 15 is 0 Å². The molecule has 0 aromatic heterocycles. The second-order valence-electron chi connectivity index (χ2n) is 5.30. The van der Waals surface area contributed by atoms with Crippen LogP contribution in [0, 0.1) is 0 Å². The van der Waals surface area contributed by atoms with Crippen LogP contribution in [-0.4, -0.2) is 76.9 Å². The van der Waals surface area contributed by atoms with Crippen molar-refractivity contribution in [2.75, 3.05) is 60.8 Å². The predicted molar refractivity (Wildman–Crippen MR) is 88.8 cm³/mol. The molecule has 23 heavy (non-hydrogen) atoms. The van der Waals surface area contributed by atoms with Crippen LogP contribution in [-0.2, 0) is 20.8 Å². The fraction of sp³-hybridized carbons (Fsp3) is 0.647. The van der Waals surface area contributed by atoms with Crippen LogP contribution < -0.4 is 4.74 Å². The Bertz CT molecular complexity index is 390. The first-order valence-electron chi connectivity index (χ1n) is 7.78. The van der Waals surface area contributed by atoms with Crippen LogP contribution in [0.2, 0.25) is 0 Å². The fourth-order valence-corrected chi connectivity index (χ4v) is 2.12. The van der Waals surface area contributed by atoms with Crippen LogP contribution in [0.25, 0.3) is 0 Å². The van der Waals surface area contributed by atoms with Gasteiger partial charge in [-0.25, -0.2) is 0 Å². The molecule has 1 N–H and O–H groups in total. The van der Waals surface area contributed by atoms with Crippen molar-refractivity contribution in [1.82, 2.24) is 4.90 Å². The summed E-state index contributed by atoms with van der Waals surface area (Å²) in [7, 11) is 4.98. The number of ether oxygens (including phenoxy) is 4. The Balaban J connectivity index is 2.28. The molecule has 0 unspecified atom stereocenters. The molecule has 0 aliphatic rings. The monoisotopic (exact) mass is 327 g/mol. The molecule has 0 fully saturated rings.